The molecule has 0 fully saturated rings. The van der Waals surface area contributed by atoms with Gasteiger partial charge in [-0.2, -0.15) is 0 Å². The van der Waals surface area contributed by atoms with Crippen molar-refractivity contribution in [1.29, 1.82) is 0 Å². The molecule has 0 heterocycles. The fourth-order valence-electron chi connectivity index (χ4n) is 1.69. The van der Waals surface area contributed by atoms with Gasteiger partial charge in [0.05, 0.1) is 12.7 Å². The highest BCUT2D eigenvalue weighted by atomic mass is 16.5. The molecule has 0 atom stereocenters. The first-order valence-corrected chi connectivity index (χ1v) is 5.93. The van der Waals surface area contributed by atoms with Gasteiger partial charge in [0.1, 0.15) is 0 Å². The monoisotopic (exact) mass is 218 g/mol. The lowest BCUT2D eigenvalue weighted by atomic mass is 9.99. The molecule has 1 rings (SSSR count). The van der Waals surface area contributed by atoms with Crippen molar-refractivity contribution in [2.45, 2.75) is 40.2 Å². The molecule has 0 aliphatic rings. The summed E-state index contributed by atoms with van der Waals surface area (Å²) in [6.07, 6.45) is 1.34. The van der Waals surface area contributed by atoms with Crippen molar-refractivity contribution in [3.8, 4) is 0 Å². The Labute approximate surface area is 99.1 Å². The number of ether oxygens (including phenoxy) is 1. The van der Waals surface area contributed by atoms with E-state index in [9.17, 15) is 0 Å². The Kier molecular flexibility index (Phi) is 4.75. The normalized spacial score (nSPS) is 10.8. The summed E-state index contributed by atoms with van der Waals surface area (Å²) in [6.45, 7) is 13.1. The molecule has 0 radical (unpaired) electrons. The molecule has 88 valence electrons. The lowest BCUT2D eigenvalue weighted by Crippen LogP contribution is -2.05. The Morgan fingerprint density at radius 1 is 1.38 bits per heavy atom. The Bertz CT molecular complexity index is 364. The largest absolute Gasteiger partial charge is 0.374 e. The zero-order valence-corrected chi connectivity index (χ0v) is 10.8. The second-order valence-electron chi connectivity index (χ2n) is 4.47. The van der Waals surface area contributed by atoms with E-state index in [0.717, 1.165) is 12.0 Å². The van der Waals surface area contributed by atoms with Crippen LogP contribution in [0.4, 0.5) is 0 Å². The second kappa shape index (κ2) is 5.86. The van der Waals surface area contributed by atoms with Gasteiger partial charge in [0.25, 0.3) is 0 Å². The summed E-state index contributed by atoms with van der Waals surface area (Å²) in [4.78, 5) is 0. The van der Waals surface area contributed by atoms with Gasteiger partial charge in [-0.25, -0.2) is 0 Å². The van der Waals surface area contributed by atoms with E-state index in [1.165, 1.54) is 16.7 Å². The molecule has 0 saturated carbocycles. The molecule has 0 amide bonds. The van der Waals surface area contributed by atoms with E-state index in [2.05, 4.69) is 38.6 Å². The van der Waals surface area contributed by atoms with Crippen LogP contribution in [0.25, 0.3) is 5.57 Å². The summed E-state index contributed by atoms with van der Waals surface area (Å²) in [7, 11) is 0. The predicted octanol–water partition coefficient (Wildman–Crippen LogP) is 4.00. The molecule has 16 heavy (non-hydrogen) atoms. The van der Waals surface area contributed by atoms with E-state index in [0.29, 0.717) is 6.61 Å². The number of rotatable bonds is 5. The first-order valence-electron chi connectivity index (χ1n) is 5.93. The smallest absolute Gasteiger partial charge is 0.0720 e. The Morgan fingerprint density at radius 2 is 2.06 bits per heavy atom. The molecule has 0 aliphatic heterocycles. The van der Waals surface area contributed by atoms with E-state index < -0.39 is 0 Å². The van der Waals surface area contributed by atoms with Gasteiger partial charge in [0.15, 0.2) is 0 Å². The van der Waals surface area contributed by atoms with Crippen molar-refractivity contribution < 1.29 is 4.74 Å². The molecule has 1 heteroatoms. The summed E-state index contributed by atoms with van der Waals surface area (Å²) in [5.74, 6) is 0. The van der Waals surface area contributed by atoms with Crippen LogP contribution in [0.5, 0.6) is 0 Å². The topological polar surface area (TPSA) is 9.23 Å². The summed E-state index contributed by atoms with van der Waals surface area (Å²) >= 11 is 0. The number of hydrogen-bond acceptors (Lipinski definition) is 1. The molecule has 0 aromatic heterocycles. The molecule has 0 saturated heterocycles. The third kappa shape index (κ3) is 3.49. The van der Waals surface area contributed by atoms with Gasteiger partial charge in [-0.3, -0.25) is 0 Å². The van der Waals surface area contributed by atoms with Crippen LogP contribution in [0.2, 0.25) is 0 Å². The van der Waals surface area contributed by atoms with E-state index in [4.69, 9.17) is 4.74 Å². The average molecular weight is 218 g/mol. The third-order valence-electron chi connectivity index (χ3n) is 2.67. The van der Waals surface area contributed by atoms with E-state index >= 15 is 0 Å². The quantitative estimate of drug-likeness (QED) is 0.726. The zero-order chi connectivity index (χ0) is 12.1. The van der Waals surface area contributed by atoms with Crippen molar-refractivity contribution in [2.24, 2.45) is 0 Å². The SMILES string of the molecule is C=C(COC(C)C)c1ccc(CC)cc1C. The van der Waals surface area contributed by atoms with Crippen LogP contribution >= 0.6 is 0 Å². The molecule has 1 aromatic rings. The molecule has 1 nitrogen and oxygen atoms in total. The fourth-order valence-corrected chi connectivity index (χ4v) is 1.69. The first-order chi connectivity index (χ1) is 7.54. The minimum Gasteiger partial charge on any atom is -0.374 e. The lowest BCUT2D eigenvalue weighted by molar-refractivity contribution is 0.107. The average Bonchev–Trinajstić information content (AvgIpc) is 2.25. The predicted molar refractivity (Wildman–Crippen MR) is 70.7 cm³/mol. The van der Waals surface area contributed by atoms with Gasteiger partial charge in [-0.05, 0) is 49.5 Å². The van der Waals surface area contributed by atoms with Crippen LogP contribution < -0.4 is 0 Å². The molecule has 0 N–H and O–H groups in total. The standard InChI is InChI=1S/C15H22O/c1-6-14-7-8-15(12(4)9-14)13(5)10-16-11(2)3/h7-9,11H,5-6,10H2,1-4H3. The highest BCUT2D eigenvalue weighted by Crippen LogP contribution is 2.19. The number of benzene rings is 1. The summed E-state index contributed by atoms with van der Waals surface area (Å²) in [5.41, 5.74) is 4.95. The Balaban J connectivity index is 2.76. The number of hydrogen-bond donors (Lipinski definition) is 0. The molecular weight excluding hydrogens is 196 g/mol. The minimum atomic E-state index is 0.256. The van der Waals surface area contributed by atoms with Crippen LogP contribution in [-0.4, -0.2) is 12.7 Å². The fraction of sp³-hybridized carbons (Fsp3) is 0.467. The van der Waals surface area contributed by atoms with Gasteiger partial charge in [0, 0.05) is 0 Å². The summed E-state index contributed by atoms with van der Waals surface area (Å²) < 4.78 is 5.57. The van der Waals surface area contributed by atoms with Crippen molar-refractivity contribution >= 4 is 5.57 Å². The lowest BCUT2D eigenvalue weighted by Gasteiger charge is -2.13. The maximum Gasteiger partial charge on any atom is 0.0720 e. The molecule has 0 bridgehead atoms. The van der Waals surface area contributed by atoms with Crippen molar-refractivity contribution in [1.82, 2.24) is 0 Å². The van der Waals surface area contributed by atoms with Crippen LogP contribution in [0.1, 0.15) is 37.5 Å². The molecule has 1 aromatic carbocycles. The maximum absolute atomic E-state index is 5.57. The first kappa shape index (κ1) is 13.0. The van der Waals surface area contributed by atoms with Crippen LogP contribution in [0.3, 0.4) is 0 Å². The second-order valence-corrected chi connectivity index (χ2v) is 4.47. The third-order valence-corrected chi connectivity index (χ3v) is 2.67. The highest BCUT2D eigenvalue weighted by molar-refractivity contribution is 5.67. The van der Waals surface area contributed by atoms with E-state index in [1.54, 1.807) is 0 Å². The van der Waals surface area contributed by atoms with Gasteiger partial charge >= 0.3 is 0 Å². The molecule has 0 aliphatic carbocycles. The van der Waals surface area contributed by atoms with E-state index in [1.807, 2.05) is 13.8 Å². The number of aryl methyl sites for hydroxylation is 2. The van der Waals surface area contributed by atoms with Gasteiger partial charge < -0.3 is 4.74 Å². The Morgan fingerprint density at radius 3 is 2.56 bits per heavy atom. The van der Waals surface area contributed by atoms with Crippen LogP contribution in [0, 0.1) is 6.92 Å². The Hall–Kier alpha value is -1.08. The zero-order valence-electron chi connectivity index (χ0n) is 10.8. The van der Waals surface area contributed by atoms with Gasteiger partial charge in [-0.1, -0.05) is 31.7 Å². The highest BCUT2D eigenvalue weighted by Gasteiger charge is 2.04. The van der Waals surface area contributed by atoms with Crippen LogP contribution in [-0.2, 0) is 11.2 Å². The maximum atomic E-state index is 5.57. The van der Waals surface area contributed by atoms with Crippen molar-refractivity contribution in [3.05, 3.63) is 41.5 Å². The van der Waals surface area contributed by atoms with Crippen LogP contribution in [0.15, 0.2) is 24.8 Å². The van der Waals surface area contributed by atoms with E-state index in [-0.39, 0.29) is 6.10 Å². The molecule has 0 unspecified atom stereocenters. The van der Waals surface area contributed by atoms with Crippen molar-refractivity contribution in [3.63, 3.8) is 0 Å². The minimum absolute atomic E-state index is 0.256. The van der Waals surface area contributed by atoms with Crippen molar-refractivity contribution in [2.75, 3.05) is 6.61 Å². The van der Waals surface area contributed by atoms with Gasteiger partial charge in [-0.15, -0.1) is 0 Å². The molecule has 0 spiro atoms. The van der Waals surface area contributed by atoms with Gasteiger partial charge in [0.2, 0.25) is 0 Å². The summed E-state index contributed by atoms with van der Waals surface area (Å²) in [5, 5.41) is 0. The summed E-state index contributed by atoms with van der Waals surface area (Å²) in [6, 6.07) is 6.55. The molecular formula is C15H22O.